The van der Waals surface area contributed by atoms with E-state index >= 15 is 0 Å². The Balaban J connectivity index is 1.84. The molecule has 5 atom stereocenters. The van der Waals surface area contributed by atoms with Gasteiger partial charge in [-0.3, -0.25) is 0 Å². The number of ether oxygens (including phenoxy) is 2. The van der Waals surface area contributed by atoms with Crippen molar-refractivity contribution >= 4 is 0 Å². The van der Waals surface area contributed by atoms with E-state index in [4.69, 9.17) is 16.3 Å². The van der Waals surface area contributed by atoms with Gasteiger partial charge in [0.2, 0.25) is 0 Å². The maximum absolute atomic E-state index is 10.7. The van der Waals surface area contributed by atoms with Crippen LogP contribution in [0.2, 0.25) is 0 Å². The predicted molar refractivity (Wildman–Crippen MR) is 82.5 cm³/mol. The highest BCUT2D eigenvalue weighted by Crippen LogP contribution is 2.62. The highest BCUT2D eigenvalue weighted by Gasteiger charge is 2.64. The van der Waals surface area contributed by atoms with Crippen LogP contribution >= 0.6 is 0 Å². The molecule has 2 aliphatic carbocycles. The van der Waals surface area contributed by atoms with Gasteiger partial charge in [-0.05, 0) is 38.0 Å². The Morgan fingerprint density at radius 1 is 1.55 bits per heavy atom. The third-order valence-corrected chi connectivity index (χ3v) is 5.82. The number of methoxy groups -OCH3 is 1. The van der Waals surface area contributed by atoms with Crippen LogP contribution in [0.4, 0.5) is 0 Å². The highest BCUT2D eigenvalue weighted by atomic mass is 16.5. The van der Waals surface area contributed by atoms with Crippen LogP contribution in [0.25, 0.3) is 0 Å². The summed E-state index contributed by atoms with van der Waals surface area (Å²) in [7, 11) is -0.911. The topological polar surface area (TPSA) is 41.9 Å². The predicted octanol–water partition coefficient (Wildman–Crippen LogP) is 1.50. The smallest absolute Gasteiger partial charge is 0.165 e. The Morgan fingerprint density at radius 3 is 3.32 bits per heavy atom. The van der Waals surface area contributed by atoms with E-state index in [1.165, 1.54) is 0 Å². The van der Waals surface area contributed by atoms with Crippen molar-refractivity contribution in [1.29, 1.82) is 0 Å². The van der Waals surface area contributed by atoms with Crippen molar-refractivity contribution in [2.24, 2.45) is 5.92 Å². The number of benzene rings is 1. The summed E-state index contributed by atoms with van der Waals surface area (Å²) >= 11 is 0. The number of rotatable bonds is 1. The van der Waals surface area contributed by atoms with Crippen LogP contribution in [0, 0.1) is 5.92 Å². The molecule has 1 saturated heterocycles. The van der Waals surface area contributed by atoms with E-state index in [0.717, 1.165) is 0 Å². The van der Waals surface area contributed by atoms with Crippen molar-refractivity contribution < 1.29 is 22.8 Å². The molecular weight excluding hydrogens is 278 g/mol. The van der Waals surface area contributed by atoms with Crippen molar-refractivity contribution in [2.45, 2.75) is 36.5 Å². The summed E-state index contributed by atoms with van der Waals surface area (Å²) in [6, 6.07) is -1.51. The molecule has 1 N–H and O–H groups in total. The molecule has 0 aromatic heterocycles. The molecule has 0 radical (unpaired) electrons. The summed E-state index contributed by atoms with van der Waals surface area (Å²) in [5.74, 6) is -0.399. The molecule has 0 amide bonds. The third-order valence-electron chi connectivity index (χ3n) is 5.82. The van der Waals surface area contributed by atoms with E-state index in [1.807, 2.05) is 18.0 Å². The Bertz CT molecular complexity index is 918. The second-order valence-corrected chi connectivity index (χ2v) is 6.64. The second kappa shape index (κ2) is 4.06. The average molecular weight is 305 g/mol. The summed E-state index contributed by atoms with van der Waals surface area (Å²) in [6.45, 7) is 0.616. The second-order valence-electron chi connectivity index (χ2n) is 6.64. The maximum Gasteiger partial charge on any atom is 0.165 e. The number of aliphatic hydroxyl groups is 1. The number of likely N-dealkylation sites (N-methyl/N-ethyl adjacent to an activating group) is 1. The minimum absolute atomic E-state index is 0.129. The molecule has 1 spiro atoms. The molecule has 0 saturated carbocycles. The van der Waals surface area contributed by atoms with Crippen LogP contribution in [-0.4, -0.2) is 48.9 Å². The molecule has 2 bridgehead atoms. The summed E-state index contributed by atoms with van der Waals surface area (Å²) < 4.78 is 59.7. The van der Waals surface area contributed by atoms with E-state index in [1.54, 1.807) is 6.08 Å². The highest BCUT2D eigenvalue weighted by molar-refractivity contribution is 5.62. The molecule has 4 nitrogen and oxygen atoms in total. The fraction of sp³-hybridized carbons (Fsp3) is 0.556. The van der Waals surface area contributed by atoms with Crippen molar-refractivity contribution in [3.63, 3.8) is 0 Å². The average Bonchev–Trinajstić information content (AvgIpc) is 2.95. The molecular formula is C18H21NO3. The molecule has 116 valence electrons. The van der Waals surface area contributed by atoms with Crippen molar-refractivity contribution in [2.75, 3.05) is 20.6 Å². The van der Waals surface area contributed by atoms with Gasteiger partial charge >= 0.3 is 0 Å². The van der Waals surface area contributed by atoms with Crippen LogP contribution in [0.15, 0.2) is 24.2 Å². The zero-order valence-corrected chi connectivity index (χ0v) is 12.2. The summed E-state index contributed by atoms with van der Waals surface area (Å²) in [4.78, 5) is 1.96. The Hall–Kier alpha value is -1.52. The van der Waals surface area contributed by atoms with Crippen LogP contribution in [0.1, 0.15) is 25.8 Å². The first-order valence-corrected chi connectivity index (χ1v) is 7.60. The first kappa shape index (κ1) is 8.37. The minimum Gasteiger partial charge on any atom is -0.493 e. The molecule has 4 heteroatoms. The molecule has 1 aromatic rings. The van der Waals surface area contributed by atoms with Gasteiger partial charge in [-0.15, -0.1) is 0 Å². The lowest BCUT2D eigenvalue weighted by atomic mass is 9.53. The molecule has 2 unspecified atom stereocenters. The van der Waals surface area contributed by atoms with Gasteiger partial charge in [0.25, 0.3) is 0 Å². The zero-order valence-electron chi connectivity index (χ0n) is 18.2. The van der Waals surface area contributed by atoms with Crippen LogP contribution in [-0.2, 0) is 11.8 Å². The van der Waals surface area contributed by atoms with Crippen molar-refractivity contribution in [3.05, 3.63) is 35.4 Å². The Kier molecular flexibility index (Phi) is 1.54. The van der Waals surface area contributed by atoms with Gasteiger partial charge in [0.05, 0.1) is 13.9 Å². The van der Waals surface area contributed by atoms with Gasteiger partial charge in [-0.25, -0.2) is 0 Å². The monoisotopic (exact) mass is 305 g/mol. The number of piperidine rings is 1. The molecule has 1 aromatic carbocycles. The lowest BCUT2D eigenvalue weighted by molar-refractivity contribution is -0.0453. The standard InChI is InChI=1S/C18H21NO3/c1-19-8-7-18-11-4-5-13(20)17(18)22-16-14(21-2)6-3-10(15(16)18)9-12(11)19/h3-6,11-13,17,20H,7-9H2,1-2H3/t11-,12+,13?,17?,18-/m0/s1/i2D3,3D,6D,12D. The van der Waals surface area contributed by atoms with Gasteiger partial charge < -0.3 is 19.5 Å². The van der Waals surface area contributed by atoms with Gasteiger partial charge in [0, 0.05) is 24.3 Å². The van der Waals surface area contributed by atoms with Crippen LogP contribution in [0.3, 0.4) is 0 Å². The lowest BCUT2D eigenvalue weighted by Crippen LogP contribution is -2.64. The van der Waals surface area contributed by atoms with Crippen LogP contribution < -0.4 is 9.47 Å². The Labute approximate surface area is 138 Å². The zero-order chi connectivity index (χ0) is 20.2. The summed E-state index contributed by atoms with van der Waals surface area (Å²) in [5, 5.41) is 10.7. The molecule has 1 fully saturated rings. The number of hydrogen-bond acceptors (Lipinski definition) is 4. The normalized spacial score (nSPS) is 48.9. The SMILES string of the molecule is [2H]c1c([2H])c(OC([2H])([2H])[2H])c2c3c1C[C@]1([2H])[C@@H]4C=CC(O)C(O2)[C@]34CCN1C. The van der Waals surface area contributed by atoms with Crippen molar-refractivity contribution in [1.82, 2.24) is 4.90 Å². The number of likely N-dealkylation sites (tertiary alicyclic amines) is 1. The lowest BCUT2D eigenvalue weighted by Gasteiger charge is -2.56. The third kappa shape index (κ3) is 1.28. The largest absolute Gasteiger partial charge is 0.493 e. The quantitative estimate of drug-likeness (QED) is 0.799. The van der Waals surface area contributed by atoms with Gasteiger partial charge in [0.15, 0.2) is 11.5 Å². The molecule has 2 heterocycles. The number of aliphatic hydroxyl groups excluding tert-OH is 1. The molecule has 4 aliphatic rings. The fourth-order valence-electron chi connectivity index (χ4n) is 4.88. The van der Waals surface area contributed by atoms with E-state index in [-0.39, 0.29) is 35.9 Å². The van der Waals surface area contributed by atoms with Gasteiger partial charge in [-0.1, -0.05) is 18.2 Å². The molecule has 5 rings (SSSR count). The molecule has 22 heavy (non-hydrogen) atoms. The first-order valence-electron chi connectivity index (χ1n) is 10.6. The van der Waals surface area contributed by atoms with Gasteiger partial charge in [0.1, 0.15) is 12.2 Å². The summed E-state index contributed by atoms with van der Waals surface area (Å²) in [6.07, 6.45) is 2.72. The molecule has 2 aliphatic heterocycles. The van der Waals surface area contributed by atoms with Crippen LogP contribution in [0.5, 0.6) is 11.5 Å². The number of nitrogens with zero attached hydrogens (tertiary/aromatic N) is 1. The fourth-order valence-corrected chi connectivity index (χ4v) is 4.88. The van der Waals surface area contributed by atoms with E-state index in [0.29, 0.717) is 24.1 Å². The number of hydrogen-bond donors (Lipinski definition) is 1. The van der Waals surface area contributed by atoms with E-state index < -0.39 is 30.7 Å². The summed E-state index contributed by atoms with van der Waals surface area (Å²) in [5.41, 5.74) is 0.449. The van der Waals surface area contributed by atoms with E-state index in [9.17, 15) is 6.48 Å². The van der Waals surface area contributed by atoms with Gasteiger partial charge in [-0.2, -0.15) is 0 Å². The first-order chi connectivity index (χ1) is 13.0. The van der Waals surface area contributed by atoms with E-state index in [2.05, 4.69) is 0 Å². The maximum atomic E-state index is 10.7. The minimum atomic E-state index is -2.79. The Morgan fingerprint density at radius 2 is 2.45 bits per heavy atom. The van der Waals surface area contributed by atoms with Crippen molar-refractivity contribution in [3.8, 4) is 11.5 Å².